The van der Waals surface area contributed by atoms with Crippen LogP contribution in [0.15, 0.2) is 16.3 Å². The SMILES string of the molecule is CC1CCN(S(=O)(=O)c2ccc(C(=O)NCCN)s2)CC1. The van der Waals surface area contributed by atoms with Gasteiger partial charge in [-0.25, -0.2) is 8.42 Å². The highest BCUT2D eigenvalue weighted by Gasteiger charge is 2.29. The average Bonchev–Trinajstić information content (AvgIpc) is 2.96. The number of piperidine rings is 1. The van der Waals surface area contributed by atoms with Gasteiger partial charge in [0.05, 0.1) is 4.88 Å². The van der Waals surface area contributed by atoms with Gasteiger partial charge in [-0.15, -0.1) is 11.3 Å². The van der Waals surface area contributed by atoms with Gasteiger partial charge in [0, 0.05) is 26.2 Å². The Bertz CT molecular complexity index is 590. The standard InChI is InChI=1S/C13H21N3O3S2/c1-10-4-8-16(9-5-10)21(18,19)12-3-2-11(20-12)13(17)15-7-6-14/h2-3,10H,4-9,14H2,1H3,(H,15,17). The van der Waals surface area contributed by atoms with E-state index >= 15 is 0 Å². The lowest BCUT2D eigenvalue weighted by Gasteiger charge is -2.28. The Morgan fingerprint density at radius 1 is 1.43 bits per heavy atom. The van der Waals surface area contributed by atoms with Crippen molar-refractivity contribution in [1.29, 1.82) is 0 Å². The van der Waals surface area contributed by atoms with Crippen molar-refractivity contribution in [2.75, 3.05) is 26.2 Å². The van der Waals surface area contributed by atoms with Crippen LogP contribution in [0.25, 0.3) is 0 Å². The number of sulfonamides is 1. The minimum absolute atomic E-state index is 0.231. The molecular weight excluding hydrogens is 310 g/mol. The Hall–Kier alpha value is -0.960. The molecule has 1 aromatic rings. The highest BCUT2D eigenvalue weighted by Crippen LogP contribution is 2.28. The van der Waals surface area contributed by atoms with Gasteiger partial charge in [0.15, 0.2) is 0 Å². The van der Waals surface area contributed by atoms with Crippen LogP contribution >= 0.6 is 11.3 Å². The summed E-state index contributed by atoms with van der Waals surface area (Å²) in [4.78, 5) is 12.2. The summed E-state index contributed by atoms with van der Waals surface area (Å²) in [6.07, 6.45) is 1.77. The molecule has 21 heavy (non-hydrogen) atoms. The van der Waals surface area contributed by atoms with Gasteiger partial charge in [0.1, 0.15) is 4.21 Å². The van der Waals surface area contributed by atoms with Crippen LogP contribution < -0.4 is 11.1 Å². The van der Waals surface area contributed by atoms with Crippen molar-refractivity contribution < 1.29 is 13.2 Å². The predicted molar refractivity (Wildman–Crippen MR) is 82.9 cm³/mol. The first-order chi connectivity index (χ1) is 9.95. The summed E-state index contributed by atoms with van der Waals surface area (Å²) in [5.74, 6) is 0.288. The van der Waals surface area contributed by atoms with Crippen molar-refractivity contribution in [2.45, 2.75) is 24.0 Å². The smallest absolute Gasteiger partial charge is 0.261 e. The van der Waals surface area contributed by atoms with Crippen LogP contribution in [-0.2, 0) is 10.0 Å². The first-order valence-corrected chi connectivity index (χ1v) is 9.29. The number of thiophene rings is 1. The summed E-state index contributed by atoms with van der Waals surface area (Å²) in [5.41, 5.74) is 5.32. The highest BCUT2D eigenvalue weighted by molar-refractivity contribution is 7.91. The Kier molecular flexibility index (Phi) is 5.37. The molecule has 118 valence electrons. The van der Waals surface area contributed by atoms with Crippen molar-refractivity contribution in [2.24, 2.45) is 11.7 Å². The first kappa shape index (κ1) is 16.4. The Morgan fingerprint density at radius 3 is 2.71 bits per heavy atom. The highest BCUT2D eigenvalue weighted by atomic mass is 32.2. The fourth-order valence-corrected chi connectivity index (χ4v) is 5.05. The molecular formula is C13H21N3O3S2. The van der Waals surface area contributed by atoms with Crippen LogP contribution in [0, 0.1) is 5.92 Å². The molecule has 1 amide bonds. The lowest BCUT2D eigenvalue weighted by Crippen LogP contribution is -2.37. The van der Waals surface area contributed by atoms with Crippen molar-refractivity contribution in [3.8, 4) is 0 Å². The minimum Gasteiger partial charge on any atom is -0.350 e. The van der Waals surface area contributed by atoms with Crippen molar-refractivity contribution in [3.05, 3.63) is 17.0 Å². The van der Waals surface area contributed by atoms with Crippen molar-refractivity contribution >= 4 is 27.3 Å². The van der Waals surface area contributed by atoms with Gasteiger partial charge < -0.3 is 11.1 Å². The quantitative estimate of drug-likeness (QED) is 0.837. The molecule has 2 heterocycles. The molecule has 8 heteroatoms. The molecule has 1 fully saturated rings. The maximum Gasteiger partial charge on any atom is 0.261 e. The van der Waals surface area contributed by atoms with Crippen LogP contribution in [0.1, 0.15) is 29.4 Å². The third-order valence-electron chi connectivity index (χ3n) is 3.57. The Labute approximate surface area is 129 Å². The number of nitrogens with two attached hydrogens (primary N) is 1. The molecule has 6 nitrogen and oxygen atoms in total. The molecule has 0 unspecified atom stereocenters. The number of carbonyl (C=O) groups is 1. The van der Waals surface area contributed by atoms with Gasteiger partial charge in [0.25, 0.3) is 15.9 Å². The number of nitrogens with zero attached hydrogens (tertiary/aromatic N) is 1. The monoisotopic (exact) mass is 331 g/mol. The van der Waals surface area contributed by atoms with E-state index in [0.29, 0.717) is 37.0 Å². The molecule has 0 bridgehead atoms. The number of hydrogen-bond donors (Lipinski definition) is 2. The molecule has 1 aliphatic heterocycles. The van der Waals surface area contributed by atoms with Crippen LogP contribution in [0.4, 0.5) is 0 Å². The topological polar surface area (TPSA) is 92.5 Å². The third kappa shape index (κ3) is 3.82. The number of carbonyl (C=O) groups excluding carboxylic acids is 1. The minimum atomic E-state index is -3.47. The van der Waals surface area contributed by atoms with Gasteiger partial charge >= 0.3 is 0 Å². The number of hydrogen-bond acceptors (Lipinski definition) is 5. The number of rotatable bonds is 5. The molecule has 0 atom stereocenters. The van der Waals surface area contributed by atoms with Crippen molar-refractivity contribution in [1.82, 2.24) is 9.62 Å². The zero-order valence-corrected chi connectivity index (χ0v) is 13.7. The third-order valence-corrected chi connectivity index (χ3v) is 7.02. The van der Waals surface area contributed by atoms with E-state index in [4.69, 9.17) is 5.73 Å². The summed E-state index contributed by atoms with van der Waals surface area (Å²) in [6.45, 7) is 3.97. The maximum absolute atomic E-state index is 12.5. The van der Waals surface area contributed by atoms with Gasteiger partial charge in [-0.05, 0) is 30.9 Å². The van der Waals surface area contributed by atoms with E-state index in [1.54, 1.807) is 6.07 Å². The molecule has 0 aliphatic carbocycles. The number of amides is 1. The van der Waals surface area contributed by atoms with Gasteiger partial charge in [-0.3, -0.25) is 4.79 Å². The fraction of sp³-hybridized carbons (Fsp3) is 0.615. The van der Waals surface area contributed by atoms with E-state index in [1.165, 1.54) is 10.4 Å². The summed E-state index contributed by atoms with van der Waals surface area (Å²) in [7, 11) is -3.47. The van der Waals surface area contributed by atoms with Gasteiger partial charge in [-0.1, -0.05) is 6.92 Å². The molecule has 1 saturated heterocycles. The van der Waals surface area contributed by atoms with E-state index in [9.17, 15) is 13.2 Å². The fourth-order valence-electron chi connectivity index (χ4n) is 2.21. The molecule has 0 aromatic carbocycles. The average molecular weight is 331 g/mol. The lowest BCUT2D eigenvalue weighted by molar-refractivity contribution is 0.0959. The van der Waals surface area contributed by atoms with Gasteiger partial charge in [0.2, 0.25) is 0 Å². The zero-order valence-electron chi connectivity index (χ0n) is 12.0. The lowest BCUT2D eigenvalue weighted by atomic mass is 10.0. The summed E-state index contributed by atoms with van der Waals surface area (Å²) in [6, 6.07) is 3.06. The van der Waals surface area contributed by atoms with Crippen LogP contribution in [0.3, 0.4) is 0 Å². The van der Waals surface area contributed by atoms with Gasteiger partial charge in [-0.2, -0.15) is 4.31 Å². The second kappa shape index (κ2) is 6.87. The molecule has 2 rings (SSSR count). The first-order valence-electron chi connectivity index (χ1n) is 7.03. The van der Waals surface area contributed by atoms with Crippen molar-refractivity contribution in [3.63, 3.8) is 0 Å². The van der Waals surface area contributed by atoms with E-state index in [-0.39, 0.29) is 10.1 Å². The normalized spacial score (nSPS) is 17.8. The van der Waals surface area contributed by atoms with E-state index < -0.39 is 10.0 Å². The molecule has 1 aliphatic rings. The summed E-state index contributed by atoms with van der Waals surface area (Å²) in [5, 5.41) is 2.64. The molecule has 0 spiro atoms. The molecule has 1 aromatic heterocycles. The zero-order chi connectivity index (χ0) is 15.5. The second-order valence-corrected chi connectivity index (χ2v) is 8.50. The van der Waals surface area contributed by atoms with E-state index in [0.717, 1.165) is 24.2 Å². The molecule has 3 N–H and O–H groups in total. The Morgan fingerprint density at radius 2 is 2.10 bits per heavy atom. The molecule has 0 saturated carbocycles. The van der Waals surface area contributed by atoms with Crippen LogP contribution in [0.5, 0.6) is 0 Å². The summed E-state index contributed by atoms with van der Waals surface area (Å²) >= 11 is 1.01. The largest absolute Gasteiger partial charge is 0.350 e. The predicted octanol–water partition coefficient (Wildman–Crippen LogP) is 0.857. The number of nitrogens with one attached hydrogen (secondary N) is 1. The second-order valence-electron chi connectivity index (χ2n) is 5.25. The van der Waals surface area contributed by atoms with E-state index in [2.05, 4.69) is 12.2 Å². The van der Waals surface area contributed by atoms with Crippen LogP contribution in [-0.4, -0.2) is 44.8 Å². The van der Waals surface area contributed by atoms with Crippen LogP contribution in [0.2, 0.25) is 0 Å². The Balaban J connectivity index is 2.11. The summed E-state index contributed by atoms with van der Waals surface area (Å²) < 4.78 is 26.8. The van der Waals surface area contributed by atoms with E-state index in [1.807, 2.05) is 0 Å². The molecule has 0 radical (unpaired) electrons. The maximum atomic E-state index is 12.5.